The molecule has 2 unspecified atom stereocenters. The Bertz CT molecular complexity index is 507. The second-order valence-corrected chi connectivity index (χ2v) is 6.29. The van der Waals surface area contributed by atoms with Gasteiger partial charge in [-0.05, 0) is 30.9 Å². The molecule has 1 aromatic carbocycles. The summed E-state index contributed by atoms with van der Waals surface area (Å²) in [7, 11) is 3.44. The van der Waals surface area contributed by atoms with Crippen LogP contribution < -0.4 is 10.1 Å². The fraction of sp³-hybridized carbons (Fsp3) is 0.611. The van der Waals surface area contributed by atoms with Crippen LogP contribution in [0.4, 0.5) is 4.79 Å². The summed E-state index contributed by atoms with van der Waals surface area (Å²) in [6.07, 6.45) is 4.55. The van der Waals surface area contributed by atoms with Crippen molar-refractivity contribution in [3.8, 4) is 5.75 Å². The van der Waals surface area contributed by atoms with E-state index in [0.29, 0.717) is 13.1 Å². The van der Waals surface area contributed by atoms with Crippen LogP contribution in [0.5, 0.6) is 5.75 Å². The molecule has 0 radical (unpaired) electrons. The van der Waals surface area contributed by atoms with Crippen molar-refractivity contribution >= 4 is 6.03 Å². The van der Waals surface area contributed by atoms with Crippen LogP contribution in [0.15, 0.2) is 24.3 Å². The quantitative estimate of drug-likeness (QED) is 0.846. The summed E-state index contributed by atoms with van der Waals surface area (Å²) in [5.41, 5.74) is 1.08. The average Bonchev–Trinajstić information content (AvgIpc) is 2.57. The molecule has 2 amide bonds. The number of methoxy groups -OCH3 is 1. The summed E-state index contributed by atoms with van der Waals surface area (Å²) in [6, 6.07) is 7.75. The van der Waals surface area contributed by atoms with Gasteiger partial charge < -0.3 is 20.1 Å². The number of carbonyl (C=O) groups is 1. The van der Waals surface area contributed by atoms with E-state index in [0.717, 1.165) is 43.4 Å². The number of aliphatic hydroxyl groups excluding tert-OH is 1. The van der Waals surface area contributed by atoms with Crippen molar-refractivity contribution in [1.82, 2.24) is 10.2 Å². The molecule has 1 fully saturated rings. The molecule has 1 aliphatic rings. The van der Waals surface area contributed by atoms with Crippen molar-refractivity contribution in [2.75, 3.05) is 27.2 Å². The van der Waals surface area contributed by atoms with E-state index in [-0.39, 0.29) is 18.1 Å². The second kappa shape index (κ2) is 8.77. The van der Waals surface area contributed by atoms with Crippen LogP contribution >= 0.6 is 0 Å². The Hall–Kier alpha value is -1.75. The molecule has 0 heterocycles. The minimum absolute atomic E-state index is 0.0855. The lowest BCUT2D eigenvalue weighted by Crippen LogP contribution is -2.43. The summed E-state index contributed by atoms with van der Waals surface area (Å²) in [5.74, 6) is 1.05. The molecule has 0 aliphatic heterocycles. The molecule has 23 heavy (non-hydrogen) atoms. The van der Waals surface area contributed by atoms with Crippen LogP contribution in [0.25, 0.3) is 0 Å². The Labute approximate surface area is 138 Å². The van der Waals surface area contributed by atoms with Crippen LogP contribution in [-0.4, -0.2) is 49.4 Å². The van der Waals surface area contributed by atoms with Crippen molar-refractivity contribution < 1.29 is 14.6 Å². The molecule has 0 bridgehead atoms. The first-order valence-electron chi connectivity index (χ1n) is 8.40. The summed E-state index contributed by atoms with van der Waals surface area (Å²) >= 11 is 0. The molecule has 128 valence electrons. The van der Waals surface area contributed by atoms with Crippen molar-refractivity contribution in [3.05, 3.63) is 29.8 Å². The number of ether oxygens (including phenoxy) is 1. The van der Waals surface area contributed by atoms with Crippen LogP contribution in [0.2, 0.25) is 0 Å². The first-order chi connectivity index (χ1) is 11.1. The lowest BCUT2D eigenvalue weighted by atomic mass is 9.86. The van der Waals surface area contributed by atoms with Gasteiger partial charge in [0.25, 0.3) is 0 Å². The van der Waals surface area contributed by atoms with Gasteiger partial charge in [0.1, 0.15) is 5.75 Å². The molecule has 5 nitrogen and oxygen atoms in total. The standard InChI is InChI=1S/C18H28N2O3/c1-20(13-15-8-3-5-9-16(15)21)18(22)19-12-11-14-7-4-6-10-17(14)23-2/h4,6-7,10,15-16,21H,3,5,8-9,11-13H2,1-2H3,(H,19,22). The van der Waals surface area contributed by atoms with Gasteiger partial charge >= 0.3 is 6.03 Å². The van der Waals surface area contributed by atoms with Crippen molar-refractivity contribution in [2.45, 2.75) is 38.2 Å². The molecule has 1 saturated carbocycles. The Morgan fingerprint density at radius 3 is 2.83 bits per heavy atom. The van der Waals surface area contributed by atoms with Gasteiger partial charge in [0.15, 0.2) is 0 Å². The number of urea groups is 1. The van der Waals surface area contributed by atoms with Gasteiger partial charge in [-0.3, -0.25) is 0 Å². The molecule has 5 heteroatoms. The maximum Gasteiger partial charge on any atom is 0.317 e. The van der Waals surface area contributed by atoms with Crippen molar-refractivity contribution in [2.24, 2.45) is 5.92 Å². The number of benzene rings is 1. The molecular formula is C18H28N2O3. The number of hydrogen-bond donors (Lipinski definition) is 2. The minimum Gasteiger partial charge on any atom is -0.496 e. The number of rotatable bonds is 6. The highest BCUT2D eigenvalue weighted by atomic mass is 16.5. The third-order valence-electron chi connectivity index (χ3n) is 4.59. The Kier molecular flexibility index (Phi) is 6.71. The largest absolute Gasteiger partial charge is 0.496 e. The predicted octanol–water partition coefficient (Wildman–Crippen LogP) is 2.43. The summed E-state index contributed by atoms with van der Waals surface area (Å²) in [5, 5.41) is 12.9. The lowest BCUT2D eigenvalue weighted by molar-refractivity contribution is 0.0565. The maximum atomic E-state index is 12.2. The number of nitrogens with one attached hydrogen (secondary N) is 1. The Morgan fingerprint density at radius 2 is 2.09 bits per heavy atom. The zero-order chi connectivity index (χ0) is 16.7. The zero-order valence-corrected chi connectivity index (χ0v) is 14.1. The highest BCUT2D eigenvalue weighted by Crippen LogP contribution is 2.24. The Balaban J connectivity index is 1.75. The van der Waals surface area contributed by atoms with Gasteiger partial charge in [-0.25, -0.2) is 4.79 Å². The lowest BCUT2D eigenvalue weighted by Gasteiger charge is -2.31. The van der Waals surface area contributed by atoms with Crippen LogP contribution in [0, 0.1) is 5.92 Å². The van der Waals surface area contributed by atoms with Gasteiger partial charge in [-0.1, -0.05) is 31.0 Å². The highest BCUT2D eigenvalue weighted by Gasteiger charge is 2.25. The zero-order valence-electron chi connectivity index (χ0n) is 14.1. The van der Waals surface area contributed by atoms with Crippen molar-refractivity contribution in [3.63, 3.8) is 0 Å². The third kappa shape index (κ3) is 5.13. The third-order valence-corrected chi connectivity index (χ3v) is 4.59. The fourth-order valence-corrected chi connectivity index (χ4v) is 3.18. The molecule has 0 aromatic heterocycles. The molecule has 0 saturated heterocycles. The smallest absolute Gasteiger partial charge is 0.317 e. The van der Waals surface area contributed by atoms with Gasteiger partial charge in [-0.2, -0.15) is 0 Å². The van der Waals surface area contributed by atoms with E-state index >= 15 is 0 Å². The van der Waals surface area contributed by atoms with Crippen LogP contribution in [-0.2, 0) is 6.42 Å². The average molecular weight is 320 g/mol. The number of carbonyl (C=O) groups excluding carboxylic acids is 1. The highest BCUT2D eigenvalue weighted by molar-refractivity contribution is 5.73. The van der Waals surface area contributed by atoms with E-state index in [1.807, 2.05) is 24.3 Å². The molecule has 1 aliphatic carbocycles. The Morgan fingerprint density at radius 1 is 1.35 bits per heavy atom. The summed E-state index contributed by atoms with van der Waals surface area (Å²) in [6.45, 7) is 1.18. The monoisotopic (exact) mass is 320 g/mol. The van der Waals surface area contributed by atoms with E-state index in [4.69, 9.17) is 4.74 Å². The molecular weight excluding hydrogens is 292 g/mol. The number of para-hydroxylation sites is 1. The van der Waals surface area contributed by atoms with E-state index in [1.165, 1.54) is 0 Å². The van der Waals surface area contributed by atoms with E-state index in [1.54, 1.807) is 19.1 Å². The van der Waals surface area contributed by atoms with Gasteiger partial charge in [-0.15, -0.1) is 0 Å². The molecule has 2 N–H and O–H groups in total. The maximum absolute atomic E-state index is 12.2. The SMILES string of the molecule is COc1ccccc1CCNC(=O)N(C)CC1CCCCC1O. The van der Waals surface area contributed by atoms with Crippen molar-refractivity contribution in [1.29, 1.82) is 0 Å². The first-order valence-corrected chi connectivity index (χ1v) is 8.40. The predicted molar refractivity (Wildman–Crippen MR) is 90.7 cm³/mol. The minimum atomic E-state index is -0.271. The molecule has 2 rings (SSSR count). The second-order valence-electron chi connectivity index (χ2n) is 6.29. The molecule has 2 atom stereocenters. The van der Waals surface area contributed by atoms with Crippen LogP contribution in [0.3, 0.4) is 0 Å². The van der Waals surface area contributed by atoms with Gasteiger partial charge in [0.2, 0.25) is 0 Å². The molecule has 1 aromatic rings. The number of hydrogen-bond acceptors (Lipinski definition) is 3. The van der Waals surface area contributed by atoms with E-state index in [9.17, 15) is 9.90 Å². The number of amides is 2. The van der Waals surface area contributed by atoms with Gasteiger partial charge in [0.05, 0.1) is 13.2 Å². The van der Waals surface area contributed by atoms with E-state index < -0.39 is 0 Å². The number of aliphatic hydroxyl groups is 1. The normalized spacial score (nSPS) is 20.8. The fourth-order valence-electron chi connectivity index (χ4n) is 3.18. The van der Waals surface area contributed by atoms with Gasteiger partial charge in [0, 0.05) is 26.1 Å². The summed E-state index contributed by atoms with van der Waals surface area (Å²) in [4.78, 5) is 13.9. The summed E-state index contributed by atoms with van der Waals surface area (Å²) < 4.78 is 5.31. The van der Waals surface area contributed by atoms with Crippen LogP contribution in [0.1, 0.15) is 31.2 Å². The van der Waals surface area contributed by atoms with E-state index in [2.05, 4.69) is 5.32 Å². The number of nitrogens with zero attached hydrogens (tertiary/aromatic N) is 1. The topological polar surface area (TPSA) is 61.8 Å². The molecule has 0 spiro atoms. The first kappa shape index (κ1) is 17.6.